The van der Waals surface area contributed by atoms with Crippen molar-refractivity contribution >= 4 is 22.8 Å². The van der Waals surface area contributed by atoms with Gasteiger partial charge in [-0.2, -0.15) is 5.10 Å². The van der Waals surface area contributed by atoms with Crippen LogP contribution in [0.4, 0.5) is 4.79 Å². The van der Waals surface area contributed by atoms with Crippen LogP contribution in [0.2, 0.25) is 0 Å². The van der Waals surface area contributed by atoms with Crippen LogP contribution in [0, 0.1) is 5.92 Å². The molecule has 0 saturated carbocycles. The minimum Gasteiger partial charge on any atom is -0.444 e. The quantitative estimate of drug-likeness (QED) is 0.646. The molecule has 0 atom stereocenters. The highest BCUT2D eigenvalue weighted by molar-refractivity contribution is 6.06. The number of ether oxygens (including phenoxy) is 1. The van der Waals surface area contributed by atoms with Crippen LogP contribution in [0.25, 0.3) is 10.9 Å². The first kappa shape index (κ1) is 21.3. The number of likely N-dealkylation sites (tertiary alicyclic amines) is 1. The van der Waals surface area contributed by atoms with Crippen molar-refractivity contribution in [3.8, 4) is 0 Å². The Morgan fingerprint density at radius 1 is 1.21 bits per heavy atom. The number of aromatic nitrogens is 2. The number of hydrogen-bond acceptors (Lipinski definition) is 4. The largest absolute Gasteiger partial charge is 0.444 e. The Bertz CT molecular complexity index is 871. The number of ketones is 1. The highest BCUT2D eigenvalue weighted by Gasteiger charge is 2.27. The molecule has 1 aromatic heterocycles. The maximum Gasteiger partial charge on any atom is 0.410 e. The SMILES string of the molecule is CC(C)n1cc2cccc(C(=O)CCC3CCN(C(=O)OC(C)(C)C)CC3)c2n1. The third-order valence-corrected chi connectivity index (χ3v) is 5.43. The van der Waals surface area contributed by atoms with Crippen molar-refractivity contribution in [1.29, 1.82) is 0 Å². The topological polar surface area (TPSA) is 64.4 Å². The summed E-state index contributed by atoms with van der Waals surface area (Å²) in [6, 6.07) is 6.08. The van der Waals surface area contributed by atoms with Crippen molar-refractivity contribution in [3.05, 3.63) is 30.0 Å². The van der Waals surface area contributed by atoms with Gasteiger partial charge in [0.2, 0.25) is 0 Å². The van der Waals surface area contributed by atoms with Crippen LogP contribution >= 0.6 is 0 Å². The molecule has 1 aliphatic heterocycles. The van der Waals surface area contributed by atoms with Crippen LogP contribution in [0.5, 0.6) is 0 Å². The van der Waals surface area contributed by atoms with Crippen LogP contribution in [0.1, 0.15) is 76.7 Å². The number of carbonyl (C=O) groups excluding carboxylic acids is 2. The van der Waals surface area contributed by atoms with E-state index in [1.807, 2.05) is 49.8 Å². The average molecular weight is 400 g/mol. The van der Waals surface area contributed by atoms with Crippen molar-refractivity contribution in [2.45, 2.75) is 71.9 Å². The minimum absolute atomic E-state index is 0.152. The molecule has 1 amide bonds. The molecule has 1 fully saturated rings. The average Bonchev–Trinajstić information content (AvgIpc) is 3.10. The highest BCUT2D eigenvalue weighted by atomic mass is 16.6. The van der Waals surface area contributed by atoms with E-state index >= 15 is 0 Å². The monoisotopic (exact) mass is 399 g/mol. The second-order valence-corrected chi connectivity index (χ2v) is 9.32. The van der Waals surface area contributed by atoms with Gasteiger partial charge in [0.1, 0.15) is 11.1 Å². The lowest BCUT2D eigenvalue weighted by atomic mass is 9.90. The molecule has 1 aliphatic rings. The summed E-state index contributed by atoms with van der Waals surface area (Å²) in [5, 5.41) is 5.63. The lowest BCUT2D eigenvalue weighted by molar-refractivity contribution is 0.0180. The molecule has 6 nitrogen and oxygen atoms in total. The van der Waals surface area contributed by atoms with E-state index in [-0.39, 0.29) is 17.9 Å². The molecule has 29 heavy (non-hydrogen) atoms. The Kier molecular flexibility index (Phi) is 6.30. The molecule has 158 valence electrons. The number of fused-ring (bicyclic) bond motifs is 1. The number of hydrogen-bond donors (Lipinski definition) is 0. The van der Waals surface area contributed by atoms with E-state index < -0.39 is 5.60 Å². The first-order valence-corrected chi connectivity index (χ1v) is 10.6. The van der Waals surface area contributed by atoms with Gasteiger partial charge in [0, 0.05) is 42.7 Å². The standard InChI is InChI=1S/C23H33N3O3/c1-16(2)26-15-18-7-6-8-19(21(18)24-26)20(27)10-9-17-11-13-25(14-12-17)22(28)29-23(3,4)5/h6-8,15-17H,9-14H2,1-5H3. The Morgan fingerprint density at radius 2 is 1.90 bits per heavy atom. The first-order valence-electron chi connectivity index (χ1n) is 10.6. The van der Waals surface area contributed by atoms with Gasteiger partial charge in [-0.15, -0.1) is 0 Å². The predicted molar refractivity (Wildman–Crippen MR) is 114 cm³/mol. The predicted octanol–water partition coefficient (Wildman–Crippen LogP) is 5.23. The third kappa shape index (κ3) is 5.37. The molecule has 0 radical (unpaired) electrons. The van der Waals surface area contributed by atoms with E-state index in [0.29, 0.717) is 31.0 Å². The zero-order valence-corrected chi connectivity index (χ0v) is 18.3. The zero-order valence-electron chi connectivity index (χ0n) is 18.3. The Morgan fingerprint density at radius 3 is 2.52 bits per heavy atom. The molecule has 0 aliphatic carbocycles. The summed E-state index contributed by atoms with van der Waals surface area (Å²) < 4.78 is 7.36. The van der Waals surface area contributed by atoms with Crippen molar-refractivity contribution in [3.63, 3.8) is 0 Å². The third-order valence-electron chi connectivity index (χ3n) is 5.43. The molecule has 1 saturated heterocycles. The van der Waals surface area contributed by atoms with Crippen molar-refractivity contribution < 1.29 is 14.3 Å². The van der Waals surface area contributed by atoms with Gasteiger partial charge >= 0.3 is 6.09 Å². The van der Waals surface area contributed by atoms with Crippen molar-refractivity contribution in [1.82, 2.24) is 14.7 Å². The highest BCUT2D eigenvalue weighted by Crippen LogP contribution is 2.26. The number of rotatable bonds is 5. The second-order valence-electron chi connectivity index (χ2n) is 9.32. The molecule has 1 aromatic carbocycles. The molecule has 0 bridgehead atoms. The number of amides is 1. The molecule has 6 heteroatoms. The summed E-state index contributed by atoms with van der Waals surface area (Å²) in [5.41, 5.74) is 1.04. The number of benzene rings is 1. The molecule has 2 heterocycles. The molecule has 3 rings (SSSR count). The summed E-state index contributed by atoms with van der Waals surface area (Å²) in [6.07, 6.45) is 4.97. The van der Waals surface area contributed by atoms with Crippen LogP contribution in [-0.2, 0) is 4.74 Å². The van der Waals surface area contributed by atoms with Gasteiger partial charge in [-0.05, 0) is 65.9 Å². The lowest BCUT2D eigenvalue weighted by Crippen LogP contribution is -2.41. The van der Waals surface area contributed by atoms with Crippen molar-refractivity contribution in [2.24, 2.45) is 5.92 Å². The van der Waals surface area contributed by atoms with E-state index in [9.17, 15) is 9.59 Å². The molecular weight excluding hydrogens is 366 g/mol. The van der Waals surface area contributed by atoms with E-state index in [0.717, 1.165) is 30.2 Å². The second kappa shape index (κ2) is 8.56. The lowest BCUT2D eigenvalue weighted by Gasteiger charge is -2.33. The van der Waals surface area contributed by atoms with Gasteiger partial charge in [-0.25, -0.2) is 4.79 Å². The van der Waals surface area contributed by atoms with Crippen LogP contribution in [-0.4, -0.2) is 45.2 Å². The van der Waals surface area contributed by atoms with E-state index in [1.54, 1.807) is 4.90 Å². The fourth-order valence-electron chi connectivity index (χ4n) is 3.75. The van der Waals surface area contributed by atoms with Crippen molar-refractivity contribution in [2.75, 3.05) is 13.1 Å². The van der Waals surface area contributed by atoms with Crippen LogP contribution in [0.15, 0.2) is 24.4 Å². The summed E-state index contributed by atoms with van der Waals surface area (Å²) in [6.45, 7) is 11.2. The van der Waals surface area contributed by atoms with Gasteiger partial charge in [0.05, 0.1) is 0 Å². The van der Waals surface area contributed by atoms with E-state index in [4.69, 9.17) is 4.74 Å². The molecular formula is C23H33N3O3. The smallest absolute Gasteiger partial charge is 0.410 e. The number of carbonyl (C=O) groups is 2. The summed E-state index contributed by atoms with van der Waals surface area (Å²) in [5.74, 6) is 0.615. The zero-order chi connectivity index (χ0) is 21.2. The molecule has 0 unspecified atom stereocenters. The fraction of sp³-hybridized carbons (Fsp3) is 0.609. The Balaban J connectivity index is 1.54. The Labute approximate surface area is 173 Å². The van der Waals surface area contributed by atoms with Crippen LogP contribution < -0.4 is 0 Å². The van der Waals surface area contributed by atoms with Gasteiger partial charge in [0.25, 0.3) is 0 Å². The maximum atomic E-state index is 12.9. The minimum atomic E-state index is -0.468. The Hall–Kier alpha value is -2.37. The first-order chi connectivity index (χ1) is 13.6. The van der Waals surface area contributed by atoms with E-state index in [2.05, 4.69) is 18.9 Å². The number of Topliss-reactive ketones (excluding diaryl/α,β-unsaturated/α-hetero) is 1. The molecule has 0 N–H and O–H groups in total. The van der Waals surface area contributed by atoms with Crippen LogP contribution in [0.3, 0.4) is 0 Å². The van der Waals surface area contributed by atoms with Gasteiger partial charge in [0.15, 0.2) is 5.78 Å². The summed E-state index contributed by atoms with van der Waals surface area (Å²) in [4.78, 5) is 26.8. The maximum absolute atomic E-state index is 12.9. The fourth-order valence-corrected chi connectivity index (χ4v) is 3.75. The molecule has 2 aromatic rings. The van der Waals surface area contributed by atoms with Gasteiger partial charge in [-0.1, -0.05) is 12.1 Å². The number of piperidine rings is 1. The van der Waals surface area contributed by atoms with Gasteiger partial charge in [-0.3, -0.25) is 9.48 Å². The van der Waals surface area contributed by atoms with Gasteiger partial charge < -0.3 is 9.64 Å². The summed E-state index contributed by atoms with van der Waals surface area (Å²) in [7, 11) is 0. The summed E-state index contributed by atoms with van der Waals surface area (Å²) >= 11 is 0. The normalized spacial score (nSPS) is 15.9. The number of nitrogens with zero attached hydrogens (tertiary/aromatic N) is 3. The molecule has 0 spiro atoms. The van der Waals surface area contributed by atoms with E-state index in [1.165, 1.54) is 0 Å².